The van der Waals surface area contributed by atoms with Gasteiger partial charge >= 0.3 is 0 Å². The van der Waals surface area contributed by atoms with Gasteiger partial charge in [-0.3, -0.25) is 4.90 Å². The lowest BCUT2D eigenvalue weighted by Crippen LogP contribution is -2.46. The largest absolute Gasteiger partial charge is 0.300 e. The second-order valence-electron chi connectivity index (χ2n) is 8.29. The molecule has 4 rings (SSSR count). The van der Waals surface area contributed by atoms with Crippen LogP contribution in [0.3, 0.4) is 0 Å². The third kappa shape index (κ3) is 2.23. The maximum atomic E-state index is 2.92. The highest BCUT2D eigenvalue weighted by Crippen LogP contribution is 2.42. The first-order chi connectivity index (χ1) is 9.72. The summed E-state index contributed by atoms with van der Waals surface area (Å²) in [6.07, 6.45) is 13.4. The van der Waals surface area contributed by atoms with Gasteiger partial charge in [0, 0.05) is 24.2 Å². The molecular weight excluding hydrogens is 244 g/mol. The molecule has 114 valence electrons. The van der Waals surface area contributed by atoms with E-state index in [9.17, 15) is 0 Å². The molecule has 0 aromatic heterocycles. The Balaban J connectivity index is 1.35. The third-order valence-corrected chi connectivity index (χ3v) is 7.19. The molecule has 4 heterocycles. The van der Waals surface area contributed by atoms with Gasteiger partial charge in [-0.2, -0.15) is 0 Å². The van der Waals surface area contributed by atoms with Crippen LogP contribution in [0.25, 0.3) is 0 Å². The summed E-state index contributed by atoms with van der Waals surface area (Å²) < 4.78 is 0. The quantitative estimate of drug-likeness (QED) is 0.778. The predicted molar refractivity (Wildman–Crippen MR) is 83.8 cm³/mol. The Hall–Kier alpha value is -0.0800. The number of rotatable bonds is 3. The summed E-state index contributed by atoms with van der Waals surface area (Å²) in [5.74, 6) is 1.98. The van der Waals surface area contributed by atoms with Crippen LogP contribution in [0.5, 0.6) is 0 Å². The number of nitrogens with zero attached hydrogens (tertiary/aromatic N) is 2. The molecule has 4 fully saturated rings. The van der Waals surface area contributed by atoms with E-state index in [1.807, 2.05) is 0 Å². The molecule has 5 atom stereocenters. The van der Waals surface area contributed by atoms with Crippen LogP contribution in [-0.2, 0) is 0 Å². The van der Waals surface area contributed by atoms with Gasteiger partial charge < -0.3 is 4.90 Å². The van der Waals surface area contributed by atoms with E-state index in [0.29, 0.717) is 0 Å². The van der Waals surface area contributed by atoms with Gasteiger partial charge in [0.1, 0.15) is 0 Å². The van der Waals surface area contributed by atoms with Crippen molar-refractivity contribution in [2.45, 2.75) is 88.9 Å². The van der Waals surface area contributed by atoms with Crippen molar-refractivity contribution in [3.8, 4) is 0 Å². The lowest BCUT2D eigenvalue weighted by atomic mass is 9.86. The fraction of sp³-hybridized carbons (Fsp3) is 1.00. The van der Waals surface area contributed by atoms with E-state index >= 15 is 0 Å². The van der Waals surface area contributed by atoms with Crippen LogP contribution in [-0.4, -0.2) is 47.6 Å². The van der Waals surface area contributed by atoms with Crippen molar-refractivity contribution >= 4 is 0 Å². The van der Waals surface area contributed by atoms with E-state index in [1.165, 1.54) is 64.3 Å². The van der Waals surface area contributed by atoms with Crippen LogP contribution in [0.1, 0.15) is 64.7 Å². The molecule has 20 heavy (non-hydrogen) atoms. The molecule has 4 bridgehead atoms. The number of hydrogen-bond acceptors (Lipinski definition) is 2. The molecule has 0 saturated carbocycles. The van der Waals surface area contributed by atoms with Crippen molar-refractivity contribution in [2.24, 2.45) is 11.8 Å². The van der Waals surface area contributed by atoms with Crippen molar-refractivity contribution in [2.75, 3.05) is 13.6 Å². The van der Waals surface area contributed by atoms with Crippen molar-refractivity contribution in [1.29, 1.82) is 0 Å². The second kappa shape index (κ2) is 5.28. The highest BCUT2D eigenvalue weighted by atomic mass is 15.2. The molecular formula is C18H32N2. The monoisotopic (exact) mass is 276 g/mol. The summed E-state index contributed by atoms with van der Waals surface area (Å²) in [4.78, 5) is 5.64. The molecule has 0 amide bonds. The van der Waals surface area contributed by atoms with Gasteiger partial charge in [0.15, 0.2) is 0 Å². The summed E-state index contributed by atoms with van der Waals surface area (Å²) in [5, 5.41) is 0. The van der Waals surface area contributed by atoms with Gasteiger partial charge in [0.2, 0.25) is 0 Å². The molecule has 0 spiro atoms. The maximum absolute atomic E-state index is 2.92. The maximum Gasteiger partial charge on any atom is 0.0124 e. The average Bonchev–Trinajstić information content (AvgIpc) is 2.81. The Bertz CT molecular complexity index is 341. The van der Waals surface area contributed by atoms with Gasteiger partial charge in [0.05, 0.1) is 0 Å². The molecule has 4 aliphatic heterocycles. The zero-order valence-corrected chi connectivity index (χ0v) is 13.4. The normalized spacial score (nSPS) is 48.9. The van der Waals surface area contributed by atoms with E-state index in [2.05, 4.69) is 23.8 Å². The van der Waals surface area contributed by atoms with Crippen LogP contribution in [0.2, 0.25) is 0 Å². The Morgan fingerprint density at radius 3 is 2.25 bits per heavy atom. The minimum Gasteiger partial charge on any atom is -0.300 e. The first kappa shape index (κ1) is 13.6. The molecule has 0 aromatic carbocycles. The van der Waals surface area contributed by atoms with Gasteiger partial charge in [-0.25, -0.2) is 0 Å². The molecule has 2 heteroatoms. The highest BCUT2D eigenvalue weighted by molar-refractivity contribution is 4.97. The SMILES string of the molecule is CC1CC2CCC(C1)N2CC[C@@H]1CCC2CCC1N2C. The molecule has 4 aliphatic rings. The Kier molecular flexibility index (Phi) is 3.58. The first-order valence-electron chi connectivity index (χ1n) is 9.20. The van der Waals surface area contributed by atoms with Crippen molar-refractivity contribution in [3.05, 3.63) is 0 Å². The second-order valence-corrected chi connectivity index (χ2v) is 8.29. The minimum atomic E-state index is 0.926. The summed E-state index contributed by atoms with van der Waals surface area (Å²) in [6.45, 7) is 3.87. The van der Waals surface area contributed by atoms with E-state index in [4.69, 9.17) is 0 Å². The van der Waals surface area contributed by atoms with Crippen LogP contribution in [0.4, 0.5) is 0 Å². The van der Waals surface area contributed by atoms with E-state index < -0.39 is 0 Å². The standard InChI is InChI=1S/C18H32N2/c1-13-11-16-5-6-17(12-13)20(16)10-9-14-3-4-15-7-8-18(14)19(15)2/h13-18H,3-12H2,1-2H3/t13?,14-,15?,16?,17?,18?/m0/s1. The third-order valence-electron chi connectivity index (χ3n) is 7.19. The molecule has 4 unspecified atom stereocenters. The smallest absolute Gasteiger partial charge is 0.0124 e. The highest BCUT2D eigenvalue weighted by Gasteiger charge is 2.42. The Morgan fingerprint density at radius 2 is 1.50 bits per heavy atom. The van der Waals surface area contributed by atoms with Crippen LogP contribution >= 0.6 is 0 Å². The molecule has 0 aliphatic carbocycles. The average molecular weight is 276 g/mol. The molecule has 2 nitrogen and oxygen atoms in total. The summed E-state index contributed by atoms with van der Waals surface area (Å²) >= 11 is 0. The topological polar surface area (TPSA) is 6.48 Å². The molecule has 0 aromatic rings. The summed E-state index contributed by atoms with van der Waals surface area (Å²) in [7, 11) is 2.39. The van der Waals surface area contributed by atoms with E-state index in [0.717, 1.165) is 36.0 Å². The molecule has 0 radical (unpaired) electrons. The van der Waals surface area contributed by atoms with E-state index in [1.54, 1.807) is 0 Å². The van der Waals surface area contributed by atoms with Crippen molar-refractivity contribution in [1.82, 2.24) is 9.80 Å². The Morgan fingerprint density at radius 1 is 0.850 bits per heavy atom. The molecule has 4 saturated heterocycles. The zero-order chi connectivity index (χ0) is 13.7. The van der Waals surface area contributed by atoms with E-state index in [-0.39, 0.29) is 0 Å². The molecule has 0 N–H and O–H groups in total. The van der Waals surface area contributed by atoms with Crippen LogP contribution in [0.15, 0.2) is 0 Å². The van der Waals surface area contributed by atoms with Crippen LogP contribution < -0.4 is 0 Å². The Labute approximate surface area is 124 Å². The van der Waals surface area contributed by atoms with Gasteiger partial charge in [-0.1, -0.05) is 6.92 Å². The van der Waals surface area contributed by atoms with Gasteiger partial charge in [-0.05, 0) is 83.2 Å². The number of fused-ring (bicyclic) bond motifs is 4. The van der Waals surface area contributed by atoms with Gasteiger partial charge in [-0.15, -0.1) is 0 Å². The lowest BCUT2D eigenvalue weighted by molar-refractivity contribution is 0.0738. The number of hydrogen-bond donors (Lipinski definition) is 0. The fourth-order valence-corrected chi connectivity index (χ4v) is 6.12. The summed E-state index contributed by atoms with van der Waals surface area (Å²) in [5.41, 5.74) is 0. The first-order valence-corrected chi connectivity index (χ1v) is 9.20. The minimum absolute atomic E-state index is 0.926. The zero-order valence-electron chi connectivity index (χ0n) is 13.4. The van der Waals surface area contributed by atoms with Crippen molar-refractivity contribution in [3.63, 3.8) is 0 Å². The van der Waals surface area contributed by atoms with Gasteiger partial charge in [0.25, 0.3) is 0 Å². The van der Waals surface area contributed by atoms with Crippen LogP contribution in [0, 0.1) is 11.8 Å². The lowest BCUT2D eigenvalue weighted by Gasteiger charge is -2.41. The predicted octanol–water partition coefficient (Wildman–Crippen LogP) is 3.51. The summed E-state index contributed by atoms with van der Waals surface area (Å²) in [6, 6.07) is 3.75. The number of piperidine rings is 2. The van der Waals surface area contributed by atoms with Crippen molar-refractivity contribution < 1.29 is 0 Å². The fourth-order valence-electron chi connectivity index (χ4n) is 6.12.